The monoisotopic (exact) mass is 265 g/mol. The lowest BCUT2D eigenvalue weighted by Crippen LogP contribution is -2.04. The average molecular weight is 265 g/mol. The third-order valence-corrected chi connectivity index (χ3v) is 3.46. The van der Waals surface area contributed by atoms with E-state index in [0.717, 1.165) is 29.4 Å². The minimum Gasteiger partial charge on any atom is -0.267 e. The molecule has 0 amide bonds. The molecule has 2 aromatic rings. The first kappa shape index (κ1) is 14.1. The molecule has 1 heterocycles. The number of nitriles is 1. The van der Waals surface area contributed by atoms with Gasteiger partial charge in [-0.05, 0) is 44.0 Å². The van der Waals surface area contributed by atoms with Gasteiger partial charge in [-0.15, -0.1) is 0 Å². The van der Waals surface area contributed by atoms with E-state index in [1.165, 1.54) is 11.1 Å². The Balaban J connectivity index is 2.37. The number of fused-ring (bicyclic) bond motifs is 1. The van der Waals surface area contributed by atoms with E-state index < -0.39 is 0 Å². The van der Waals surface area contributed by atoms with Crippen LogP contribution in [0.5, 0.6) is 0 Å². The molecule has 0 aliphatic rings. The zero-order valence-corrected chi connectivity index (χ0v) is 12.3. The van der Waals surface area contributed by atoms with E-state index in [2.05, 4.69) is 38.5 Å². The number of hydrogen-bond acceptors (Lipinski definition) is 2. The van der Waals surface area contributed by atoms with Crippen LogP contribution in [0.4, 0.5) is 0 Å². The van der Waals surface area contributed by atoms with Crippen LogP contribution in [0.25, 0.3) is 10.9 Å². The van der Waals surface area contributed by atoms with E-state index in [-0.39, 0.29) is 0 Å². The summed E-state index contributed by atoms with van der Waals surface area (Å²) >= 11 is 0. The zero-order valence-electron chi connectivity index (χ0n) is 12.3. The maximum Gasteiger partial charge on any atom is 0.0992 e. The number of benzene rings is 1. The molecule has 0 bridgehead atoms. The van der Waals surface area contributed by atoms with Crippen LogP contribution in [0, 0.1) is 11.3 Å². The Bertz CT molecular complexity index is 722. The van der Waals surface area contributed by atoms with Crippen LogP contribution in [-0.2, 0) is 6.54 Å². The van der Waals surface area contributed by atoms with E-state index >= 15 is 0 Å². The van der Waals surface area contributed by atoms with Crippen molar-refractivity contribution >= 4 is 10.9 Å². The largest absolute Gasteiger partial charge is 0.267 e. The molecule has 0 saturated carbocycles. The van der Waals surface area contributed by atoms with Gasteiger partial charge in [0.1, 0.15) is 0 Å². The fourth-order valence-corrected chi connectivity index (χ4v) is 2.22. The molecule has 3 nitrogen and oxygen atoms in total. The van der Waals surface area contributed by atoms with Crippen LogP contribution in [0.2, 0.25) is 0 Å². The van der Waals surface area contributed by atoms with Crippen molar-refractivity contribution in [1.82, 2.24) is 9.78 Å². The van der Waals surface area contributed by atoms with E-state index in [1.807, 2.05) is 29.1 Å². The van der Waals surface area contributed by atoms with Crippen molar-refractivity contribution in [3.8, 4) is 6.07 Å². The molecule has 0 aliphatic carbocycles. The highest BCUT2D eigenvalue weighted by Gasteiger charge is 2.07. The number of hydrogen-bond donors (Lipinski definition) is 0. The number of aromatic nitrogens is 2. The first-order chi connectivity index (χ1) is 9.55. The Hall–Kier alpha value is -2.34. The summed E-state index contributed by atoms with van der Waals surface area (Å²) in [5, 5.41) is 14.5. The van der Waals surface area contributed by atoms with Crippen molar-refractivity contribution in [1.29, 1.82) is 5.26 Å². The maximum atomic E-state index is 8.92. The summed E-state index contributed by atoms with van der Waals surface area (Å²) in [5.74, 6) is 0. The molecule has 1 aromatic heterocycles. The summed E-state index contributed by atoms with van der Waals surface area (Å²) < 4.78 is 1.93. The Morgan fingerprint density at radius 1 is 1.40 bits per heavy atom. The van der Waals surface area contributed by atoms with Crippen molar-refractivity contribution in [2.24, 2.45) is 0 Å². The summed E-state index contributed by atoms with van der Waals surface area (Å²) in [5.41, 5.74) is 5.18. The normalized spacial score (nSPS) is 10.3. The SMILES string of the molecule is C=C(CC)C(Cn1cc2ccc(C#N)cc2n1)=C(C)C. The highest BCUT2D eigenvalue weighted by Crippen LogP contribution is 2.20. The van der Waals surface area contributed by atoms with Gasteiger partial charge in [-0.1, -0.05) is 24.6 Å². The maximum absolute atomic E-state index is 8.92. The van der Waals surface area contributed by atoms with Gasteiger partial charge in [0.25, 0.3) is 0 Å². The lowest BCUT2D eigenvalue weighted by molar-refractivity contribution is 0.681. The molecule has 1 aromatic carbocycles. The van der Waals surface area contributed by atoms with Gasteiger partial charge in [0, 0.05) is 11.6 Å². The van der Waals surface area contributed by atoms with Crippen LogP contribution in [-0.4, -0.2) is 9.78 Å². The molecule has 0 spiro atoms. The number of rotatable bonds is 4. The van der Waals surface area contributed by atoms with Crippen molar-refractivity contribution in [2.75, 3.05) is 0 Å². The van der Waals surface area contributed by atoms with Crippen LogP contribution in [0.3, 0.4) is 0 Å². The first-order valence-electron chi connectivity index (χ1n) is 6.77. The Morgan fingerprint density at radius 2 is 2.15 bits per heavy atom. The van der Waals surface area contributed by atoms with Gasteiger partial charge >= 0.3 is 0 Å². The number of nitrogens with zero attached hydrogens (tertiary/aromatic N) is 3. The van der Waals surface area contributed by atoms with Crippen LogP contribution < -0.4 is 0 Å². The van der Waals surface area contributed by atoms with Gasteiger partial charge < -0.3 is 0 Å². The van der Waals surface area contributed by atoms with Crippen molar-refractivity contribution < 1.29 is 0 Å². The van der Waals surface area contributed by atoms with Crippen molar-refractivity contribution in [3.63, 3.8) is 0 Å². The van der Waals surface area contributed by atoms with E-state index in [4.69, 9.17) is 5.26 Å². The Morgan fingerprint density at radius 3 is 2.75 bits per heavy atom. The lowest BCUT2D eigenvalue weighted by atomic mass is 10.0. The smallest absolute Gasteiger partial charge is 0.0992 e. The molecule has 102 valence electrons. The Labute approximate surface area is 119 Å². The zero-order chi connectivity index (χ0) is 14.7. The molecule has 3 heteroatoms. The first-order valence-corrected chi connectivity index (χ1v) is 6.77. The van der Waals surface area contributed by atoms with E-state index in [0.29, 0.717) is 5.56 Å². The second-order valence-corrected chi connectivity index (χ2v) is 5.15. The molecule has 0 saturated heterocycles. The summed E-state index contributed by atoms with van der Waals surface area (Å²) in [6, 6.07) is 7.72. The average Bonchev–Trinajstić information content (AvgIpc) is 2.84. The number of allylic oxidation sites excluding steroid dienone is 3. The fourth-order valence-electron chi connectivity index (χ4n) is 2.22. The second-order valence-electron chi connectivity index (χ2n) is 5.15. The highest BCUT2D eigenvalue weighted by atomic mass is 15.3. The molecule has 0 aliphatic heterocycles. The molecule has 0 radical (unpaired) electrons. The van der Waals surface area contributed by atoms with Crippen LogP contribution in [0.1, 0.15) is 32.8 Å². The molecule has 0 fully saturated rings. The minimum atomic E-state index is 0.642. The summed E-state index contributed by atoms with van der Waals surface area (Å²) in [6.45, 7) is 11.2. The van der Waals surface area contributed by atoms with Gasteiger partial charge in [0.2, 0.25) is 0 Å². The standard InChI is InChI=1S/C17H19N3/c1-5-13(4)16(12(2)3)11-20-10-15-7-6-14(9-18)8-17(15)19-20/h6-8,10H,4-5,11H2,1-3H3. The molecular formula is C17H19N3. The molecule has 20 heavy (non-hydrogen) atoms. The highest BCUT2D eigenvalue weighted by molar-refractivity contribution is 5.79. The van der Waals surface area contributed by atoms with Crippen LogP contribution >= 0.6 is 0 Å². The topological polar surface area (TPSA) is 41.6 Å². The molecule has 0 atom stereocenters. The minimum absolute atomic E-state index is 0.642. The lowest BCUT2D eigenvalue weighted by Gasteiger charge is -2.11. The molecule has 2 rings (SSSR count). The Kier molecular flexibility index (Phi) is 4.05. The van der Waals surface area contributed by atoms with Crippen molar-refractivity contribution in [3.05, 3.63) is 53.3 Å². The predicted octanol–water partition coefficient (Wildman–Crippen LogP) is 4.21. The van der Waals surface area contributed by atoms with Gasteiger partial charge in [0.05, 0.1) is 23.7 Å². The van der Waals surface area contributed by atoms with Gasteiger partial charge in [-0.25, -0.2) is 0 Å². The molecular weight excluding hydrogens is 246 g/mol. The predicted molar refractivity (Wildman–Crippen MR) is 82.3 cm³/mol. The second kappa shape index (κ2) is 5.75. The molecule has 0 unspecified atom stereocenters. The third-order valence-electron chi connectivity index (χ3n) is 3.46. The summed E-state index contributed by atoms with van der Waals surface area (Å²) in [4.78, 5) is 0. The van der Waals surface area contributed by atoms with Gasteiger partial charge in [-0.3, -0.25) is 4.68 Å². The summed E-state index contributed by atoms with van der Waals surface area (Å²) in [7, 11) is 0. The van der Waals surface area contributed by atoms with Crippen molar-refractivity contribution in [2.45, 2.75) is 33.7 Å². The summed E-state index contributed by atoms with van der Waals surface area (Å²) in [6.07, 6.45) is 2.96. The van der Waals surface area contributed by atoms with Gasteiger partial charge in [-0.2, -0.15) is 10.4 Å². The molecule has 0 N–H and O–H groups in total. The van der Waals surface area contributed by atoms with E-state index in [9.17, 15) is 0 Å². The fraction of sp³-hybridized carbons (Fsp3) is 0.294. The quantitative estimate of drug-likeness (QED) is 0.777. The third kappa shape index (κ3) is 2.80. The van der Waals surface area contributed by atoms with Gasteiger partial charge in [0.15, 0.2) is 0 Å². The van der Waals surface area contributed by atoms with E-state index in [1.54, 1.807) is 0 Å². The van der Waals surface area contributed by atoms with Crippen LogP contribution in [0.15, 0.2) is 47.7 Å².